The van der Waals surface area contributed by atoms with Crippen molar-refractivity contribution in [3.8, 4) is 10.1 Å². The Kier molecular flexibility index (Phi) is 3.76. The average molecular weight is 379 g/mol. The summed E-state index contributed by atoms with van der Waals surface area (Å²) in [5, 5.41) is 9.64. The van der Waals surface area contributed by atoms with Crippen LogP contribution in [0.5, 0.6) is 10.1 Å². The largest absolute Gasteiger partial charge is 0.484 e. The van der Waals surface area contributed by atoms with Crippen LogP contribution in [0, 0.1) is 0 Å². The summed E-state index contributed by atoms with van der Waals surface area (Å²) in [6, 6.07) is 17.8. The number of hydrogen-bond donors (Lipinski definition) is 0. The summed E-state index contributed by atoms with van der Waals surface area (Å²) in [5.41, 5.74) is 0. The Morgan fingerprint density at radius 1 is 0.615 bits per heavy atom. The molecule has 26 heavy (non-hydrogen) atoms. The Morgan fingerprint density at radius 2 is 1.08 bits per heavy atom. The van der Waals surface area contributed by atoms with E-state index < -0.39 is 0 Å². The van der Waals surface area contributed by atoms with Crippen molar-refractivity contribution in [1.82, 2.24) is 0 Å². The molecule has 5 rings (SSSR count). The predicted octanol–water partition coefficient (Wildman–Crippen LogP) is 7.22. The van der Waals surface area contributed by atoms with E-state index in [1.165, 1.54) is 41.7 Å². The number of fused-ring (bicyclic) bond motifs is 6. The predicted molar refractivity (Wildman–Crippen MR) is 115 cm³/mol. The van der Waals surface area contributed by atoms with E-state index in [-0.39, 0.29) is 0 Å². The first kappa shape index (κ1) is 15.9. The summed E-state index contributed by atoms with van der Waals surface area (Å²) in [6.07, 6.45) is 0. The average Bonchev–Trinajstić information content (AvgIpc) is 3.24. The standard InChI is InChI=1S/C22H18O2S2/c1-3-23-21-11-17-15-9-14-6-8-20-18(12-22(26-20)24-4-2)16(14)10-13(15)5-7-19(17)25-21/h5-12H,3-4H2,1-2H3. The third-order valence-corrected chi connectivity index (χ3v) is 6.71. The molecule has 0 bridgehead atoms. The number of benzene rings is 3. The zero-order valence-electron chi connectivity index (χ0n) is 14.7. The monoisotopic (exact) mass is 378 g/mol. The van der Waals surface area contributed by atoms with Crippen LogP contribution in [0.4, 0.5) is 0 Å². The van der Waals surface area contributed by atoms with Gasteiger partial charge in [-0.05, 0) is 59.7 Å². The zero-order chi connectivity index (χ0) is 17.7. The lowest BCUT2D eigenvalue weighted by Crippen LogP contribution is -1.86. The molecule has 0 spiro atoms. The molecule has 0 atom stereocenters. The van der Waals surface area contributed by atoms with Crippen LogP contribution in [0.25, 0.3) is 41.7 Å². The molecule has 2 aromatic heterocycles. The van der Waals surface area contributed by atoms with Crippen LogP contribution in [-0.4, -0.2) is 13.2 Å². The minimum atomic E-state index is 0.700. The molecule has 0 amide bonds. The molecule has 4 heteroatoms. The third kappa shape index (κ3) is 2.44. The minimum absolute atomic E-state index is 0.700. The summed E-state index contributed by atoms with van der Waals surface area (Å²) in [7, 11) is 0. The van der Waals surface area contributed by atoms with Crippen LogP contribution in [0.2, 0.25) is 0 Å². The van der Waals surface area contributed by atoms with Crippen LogP contribution >= 0.6 is 22.7 Å². The van der Waals surface area contributed by atoms with Crippen molar-refractivity contribution in [2.45, 2.75) is 13.8 Å². The summed E-state index contributed by atoms with van der Waals surface area (Å²) >= 11 is 3.43. The number of ether oxygens (including phenoxy) is 2. The minimum Gasteiger partial charge on any atom is -0.484 e. The van der Waals surface area contributed by atoms with Crippen LogP contribution in [0.1, 0.15) is 13.8 Å². The van der Waals surface area contributed by atoms with Gasteiger partial charge >= 0.3 is 0 Å². The second-order valence-electron chi connectivity index (χ2n) is 6.25. The SMILES string of the molecule is CCOc1cc2c(ccc3cc4c(ccc5sc(OCC)cc54)cc32)s1. The second-order valence-corrected chi connectivity index (χ2v) is 8.34. The molecule has 5 aromatic rings. The fourth-order valence-corrected chi connectivity index (χ4v) is 5.54. The molecule has 0 saturated heterocycles. The molecule has 0 radical (unpaired) electrons. The van der Waals surface area contributed by atoms with Crippen molar-refractivity contribution >= 4 is 64.4 Å². The Morgan fingerprint density at radius 3 is 1.50 bits per heavy atom. The zero-order valence-corrected chi connectivity index (χ0v) is 16.3. The molecule has 130 valence electrons. The molecule has 0 N–H and O–H groups in total. The summed E-state index contributed by atoms with van der Waals surface area (Å²) in [6.45, 7) is 5.45. The highest BCUT2D eigenvalue weighted by Gasteiger charge is 2.11. The highest BCUT2D eigenvalue weighted by molar-refractivity contribution is 7.21. The molecule has 0 saturated carbocycles. The maximum absolute atomic E-state index is 5.72. The fourth-order valence-electron chi connectivity index (χ4n) is 3.57. The highest BCUT2D eigenvalue weighted by Crippen LogP contribution is 2.41. The van der Waals surface area contributed by atoms with Crippen LogP contribution in [-0.2, 0) is 0 Å². The van der Waals surface area contributed by atoms with Gasteiger partial charge in [0.15, 0.2) is 10.1 Å². The second kappa shape index (κ2) is 6.15. The molecular formula is C22H18O2S2. The molecule has 3 aromatic carbocycles. The van der Waals surface area contributed by atoms with Gasteiger partial charge in [0.05, 0.1) is 13.2 Å². The topological polar surface area (TPSA) is 18.5 Å². The first-order valence-electron chi connectivity index (χ1n) is 8.85. The quantitative estimate of drug-likeness (QED) is 0.307. The van der Waals surface area contributed by atoms with Crippen LogP contribution in [0.3, 0.4) is 0 Å². The lowest BCUT2D eigenvalue weighted by Gasteiger charge is -2.05. The van der Waals surface area contributed by atoms with Gasteiger partial charge in [-0.15, -0.1) is 0 Å². The van der Waals surface area contributed by atoms with Gasteiger partial charge in [0.25, 0.3) is 0 Å². The van der Waals surface area contributed by atoms with Crippen molar-refractivity contribution in [2.75, 3.05) is 13.2 Å². The van der Waals surface area contributed by atoms with E-state index >= 15 is 0 Å². The summed E-state index contributed by atoms with van der Waals surface area (Å²) < 4.78 is 14.0. The first-order valence-corrected chi connectivity index (χ1v) is 10.5. The summed E-state index contributed by atoms with van der Waals surface area (Å²) in [5.74, 6) is 0. The Labute approximate surface area is 159 Å². The summed E-state index contributed by atoms with van der Waals surface area (Å²) in [4.78, 5) is 0. The molecule has 0 unspecified atom stereocenters. The van der Waals surface area contributed by atoms with Gasteiger partial charge in [0.1, 0.15) is 0 Å². The van der Waals surface area contributed by atoms with Gasteiger partial charge in [0.2, 0.25) is 0 Å². The van der Waals surface area contributed by atoms with E-state index in [9.17, 15) is 0 Å². The maximum Gasteiger partial charge on any atom is 0.174 e. The highest BCUT2D eigenvalue weighted by atomic mass is 32.1. The number of rotatable bonds is 4. The van der Waals surface area contributed by atoms with Gasteiger partial charge < -0.3 is 9.47 Å². The molecule has 0 aliphatic rings. The van der Waals surface area contributed by atoms with Gasteiger partial charge in [-0.25, -0.2) is 0 Å². The first-order chi connectivity index (χ1) is 12.8. The van der Waals surface area contributed by atoms with E-state index in [1.807, 2.05) is 13.8 Å². The molecule has 2 heterocycles. The Hall–Kier alpha value is -2.30. The van der Waals surface area contributed by atoms with E-state index in [0.29, 0.717) is 13.2 Å². The van der Waals surface area contributed by atoms with Crippen LogP contribution in [0.15, 0.2) is 48.5 Å². The normalized spacial score (nSPS) is 11.8. The van der Waals surface area contributed by atoms with Gasteiger partial charge in [-0.2, -0.15) is 0 Å². The molecule has 2 nitrogen and oxygen atoms in total. The smallest absolute Gasteiger partial charge is 0.174 e. The molecule has 0 aliphatic heterocycles. The van der Waals surface area contributed by atoms with Crippen molar-refractivity contribution in [3.63, 3.8) is 0 Å². The van der Waals surface area contributed by atoms with Gasteiger partial charge in [0, 0.05) is 32.3 Å². The number of thiophene rings is 2. The Balaban J connectivity index is 1.79. The van der Waals surface area contributed by atoms with Crippen molar-refractivity contribution < 1.29 is 9.47 Å². The molecule has 0 aliphatic carbocycles. The molecule has 0 fully saturated rings. The van der Waals surface area contributed by atoms with E-state index in [2.05, 4.69) is 48.5 Å². The lowest BCUT2D eigenvalue weighted by molar-refractivity contribution is 0.350. The number of hydrogen-bond acceptors (Lipinski definition) is 4. The molecular weight excluding hydrogens is 360 g/mol. The van der Waals surface area contributed by atoms with Crippen molar-refractivity contribution in [3.05, 3.63) is 48.5 Å². The van der Waals surface area contributed by atoms with Gasteiger partial charge in [-0.3, -0.25) is 0 Å². The van der Waals surface area contributed by atoms with E-state index in [1.54, 1.807) is 22.7 Å². The lowest BCUT2D eigenvalue weighted by atomic mass is 9.99. The van der Waals surface area contributed by atoms with Gasteiger partial charge in [-0.1, -0.05) is 34.8 Å². The maximum atomic E-state index is 5.72. The fraction of sp³-hybridized carbons (Fsp3) is 0.182. The van der Waals surface area contributed by atoms with Crippen molar-refractivity contribution in [1.29, 1.82) is 0 Å². The Bertz CT molecular complexity index is 1160. The van der Waals surface area contributed by atoms with E-state index in [4.69, 9.17) is 9.47 Å². The van der Waals surface area contributed by atoms with Crippen LogP contribution < -0.4 is 9.47 Å². The third-order valence-electron chi connectivity index (χ3n) is 4.68. The van der Waals surface area contributed by atoms with E-state index in [0.717, 1.165) is 10.1 Å². The van der Waals surface area contributed by atoms with Crippen molar-refractivity contribution in [2.24, 2.45) is 0 Å².